The molecule has 2 heteroatoms. The lowest BCUT2D eigenvalue weighted by Gasteiger charge is -2.77. The Hall–Kier alpha value is -4.30. The zero-order valence-electron chi connectivity index (χ0n) is 36.1. The van der Waals surface area contributed by atoms with Crippen molar-refractivity contribution in [3.8, 4) is 22.6 Å². The van der Waals surface area contributed by atoms with Crippen LogP contribution in [-0.2, 0) is 27.1 Å². The third kappa shape index (κ3) is 4.46. The van der Waals surface area contributed by atoms with Crippen molar-refractivity contribution in [1.82, 2.24) is 0 Å². The minimum absolute atomic E-state index is 0.0843. The minimum Gasteiger partial charge on any atom is -0.457 e. The van der Waals surface area contributed by atoms with Gasteiger partial charge in [0.15, 0.2) is 0 Å². The molecule has 0 N–H and O–H groups in total. The summed E-state index contributed by atoms with van der Waals surface area (Å²) >= 11 is 0. The Morgan fingerprint density at radius 1 is 0.466 bits per heavy atom. The molecule has 6 atom stereocenters. The van der Waals surface area contributed by atoms with Crippen molar-refractivity contribution in [1.29, 1.82) is 0 Å². The van der Waals surface area contributed by atoms with Crippen molar-refractivity contribution >= 4 is 17.1 Å². The van der Waals surface area contributed by atoms with E-state index in [0.29, 0.717) is 5.41 Å². The SMILES string of the molecule is CC1(C)CCC(C)(C)c2cc(-c3ccc(N(c4ccc5c(c4)Oc4ccccc4C54C5CC6CC7CC4C75C6)c4ccc5c(c4)C(C)(C)CCC5(C)C)cc3)ccc21. The van der Waals surface area contributed by atoms with Crippen LogP contribution in [-0.4, -0.2) is 0 Å². The highest BCUT2D eigenvalue weighted by molar-refractivity contribution is 5.81. The molecule has 5 aromatic carbocycles. The predicted octanol–water partition coefficient (Wildman–Crippen LogP) is 15.0. The number of ether oxygens (including phenoxy) is 1. The summed E-state index contributed by atoms with van der Waals surface area (Å²) in [5.41, 5.74) is 16.4. The van der Waals surface area contributed by atoms with E-state index in [1.165, 1.54) is 113 Å². The Labute approximate surface area is 347 Å². The topological polar surface area (TPSA) is 12.5 Å². The van der Waals surface area contributed by atoms with Crippen molar-refractivity contribution in [2.24, 2.45) is 29.1 Å². The van der Waals surface area contributed by atoms with Crippen molar-refractivity contribution in [2.75, 3.05) is 4.90 Å². The van der Waals surface area contributed by atoms with Gasteiger partial charge in [0.2, 0.25) is 0 Å². The second-order valence-corrected chi connectivity index (χ2v) is 22.7. The molecule has 0 saturated heterocycles. The Bertz CT molecular complexity index is 2550. The van der Waals surface area contributed by atoms with Crippen LogP contribution >= 0.6 is 0 Å². The van der Waals surface area contributed by atoms with Gasteiger partial charge in [-0.3, -0.25) is 0 Å². The molecular weight excluding hydrogens is 703 g/mol. The first-order chi connectivity index (χ1) is 27.6. The minimum atomic E-state index is 0.0843. The lowest BCUT2D eigenvalue weighted by atomic mass is 9.26. The van der Waals surface area contributed by atoms with Crippen LogP contribution in [0.4, 0.5) is 17.1 Å². The van der Waals surface area contributed by atoms with Gasteiger partial charge in [0, 0.05) is 39.7 Å². The highest BCUT2D eigenvalue weighted by Gasteiger charge is 2.84. The fraction of sp³-hybridized carbons (Fsp3) is 0.464. The standard InChI is InChI=1S/C56H61NO/c1-51(2)23-25-53(5,6)45-29-36(15-20-41(45)51)35-13-16-38(17-14-35)57(39-18-21-42-46(31-39)54(7,8)26-24-52(42,3)4)40-19-22-44-48(32-40)58-47-12-10-9-11-43(47)56(44)49-28-34-27-37-30-50(56)55(37,49)33-34/h9-22,29,31-32,34,37,49-50H,23-28,30,33H2,1-8H3. The summed E-state index contributed by atoms with van der Waals surface area (Å²) in [5.74, 6) is 5.52. The Balaban J connectivity index is 0.991. The normalized spacial score (nSPS) is 31.4. The molecule has 6 aliphatic carbocycles. The molecule has 296 valence electrons. The van der Waals surface area contributed by atoms with Crippen LogP contribution in [0.3, 0.4) is 0 Å². The van der Waals surface area contributed by atoms with Crippen molar-refractivity contribution in [3.63, 3.8) is 0 Å². The van der Waals surface area contributed by atoms with Crippen LogP contribution in [0.1, 0.15) is 140 Å². The number of nitrogens with zero attached hydrogens (tertiary/aromatic N) is 1. The van der Waals surface area contributed by atoms with Crippen LogP contribution in [0.5, 0.6) is 11.5 Å². The molecule has 1 aliphatic heterocycles. The van der Waals surface area contributed by atoms with E-state index in [9.17, 15) is 0 Å². The summed E-state index contributed by atoms with van der Waals surface area (Å²) in [6, 6.07) is 40.5. The molecule has 58 heavy (non-hydrogen) atoms. The fourth-order valence-electron chi connectivity index (χ4n) is 14.9. The number of anilines is 3. The average Bonchev–Trinajstić information content (AvgIpc) is 3.74. The molecule has 0 radical (unpaired) electrons. The van der Waals surface area contributed by atoms with Gasteiger partial charge < -0.3 is 9.64 Å². The molecule has 4 fully saturated rings. The summed E-state index contributed by atoms with van der Waals surface area (Å²) in [5, 5.41) is 0. The number of para-hydroxylation sites is 1. The average molecular weight is 764 g/mol. The van der Waals surface area contributed by atoms with Gasteiger partial charge in [-0.15, -0.1) is 0 Å². The predicted molar refractivity (Wildman–Crippen MR) is 239 cm³/mol. The third-order valence-electron chi connectivity index (χ3n) is 18.1. The molecule has 0 aromatic heterocycles. The van der Waals surface area contributed by atoms with Crippen molar-refractivity contribution < 1.29 is 4.74 Å². The molecule has 2 spiro atoms. The molecular formula is C56H61NO. The quantitative estimate of drug-likeness (QED) is 0.181. The van der Waals surface area contributed by atoms with E-state index in [-0.39, 0.29) is 27.1 Å². The lowest BCUT2D eigenvalue weighted by Crippen LogP contribution is -2.74. The van der Waals surface area contributed by atoms with E-state index in [0.717, 1.165) is 35.2 Å². The first kappa shape index (κ1) is 35.6. The summed E-state index contributed by atoms with van der Waals surface area (Å²) in [6.07, 6.45) is 10.6. The van der Waals surface area contributed by atoms with Crippen molar-refractivity contribution in [3.05, 3.63) is 137 Å². The van der Waals surface area contributed by atoms with E-state index >= 15 is 0 Å². The van der Waals surface area contributed by atoms with Gasteiger partial charge in [-0.05, 0) is 172 Å². The third-order valence-corrected chi connectivity index (χ3v) is 18.1. The second-order valence-electron chi connectivity index (χ2n) is 22.7. The molecule has 0 amide bonds. The van der Waals surface area contributed by atoms with Crippen molar-refractivity contribution in [2.45, 2.75) is 134 Å². The maximum Gasteiger partial charge on any atom is 0.133 e. The van der Waals surface area contributed by atoms with E-state index in [1.54, 1.807) is 0 Å². The monoisotopic (exact) mass is 763 g/mol. The number of hydrogen-bond donors (Lipinski definition) is 0. The summed E-state index contributed by atoms with van der Waals surface area (Å²) in [7, 11) is 0. The maximum atomic E-state index is 7.04. The Morgan fingerprint density at radius 2 is 1.00 bits per heavy atom. The molecule has 4 saturated carbocycles. The molecule has 5 aromatic rings. The van der Waals surface area contributed by atoms with Gasteiger partial charge in [0.25, 0.3) is 0 Å². The van der Waals surface area contributed by atoms with E-state index < -0.39 is 0 Å². The molecule has 1 heterocycles. The van der Waals surface area contributed by atoms with Gasteiger partial charge in [-0.25, -0.2) is 0 Å². The zero-order valence-corrected chi connectivity index (χ0v) is 36.1. The highest BCUT2D eigenvalue weighted by atomic mass is 16.5. The first-order valence-electron chi connectivity index (χ1n) is 22.8. The molecule has 7 aliphatic rings. The molecule has 6 unspecified atom stereocenters. The highest BCUT2D eigenvalue weighted by Crippen LogP contribution is 2.89. The lowest BCUT2D eigenvalue weighted by molar-refractivity contribution is -0.235. The number of hydrogen-bond acceptors (Lipinski definition) is 2. The largest absolute Gasteiger partial charge is 0.457 e. The van der Waals surface area contributed by atoms with E-state index in [1.807, 2.05) is 0 Å². The van der Waals surface area contributed by atoms with E-state index in [4.69, 9.17) is 4.74 Å². The fourth-order valence-corrected chi connectivity index (χ4v) is 14.9. The maximum absolute atomic E-state index is 7.04. The second kappa shape index (κ2) is 11.3. The number of benzene rings is 5. The van der Waals surface area contributed by atoms with Gasteiger partial charge in [-0.1, -0.05) is 116 Å². The van der Waals surface area contributed by atoms with Crippen LogP contribution < -0.4 is 9.64 Å². The van der Waals surface area contributed by atoms with Crippen LogP contribution in [0.15, 0.2) is 103 Å². The smallest absolute Gasteiger partial charge is 0.133 e. The van der Waals surface area contributed by atoms with Gasteiger partial charge in [0.1, 0.15) is 11.5 Å². The molecule has 12 rings (SSSR count). The first-order valence-corrected chi connectivity index (χ1v) is 22.8. The molecule has 2 nitrogen and oxygen atoms in total. The number of fused-ring (bicyclic) bond motifs is 9. The van der Waals surface area contributed by atoms with Gasteiger partial charge in [0.05, 0.1) is 0 Å². The van der Waals surface area contributed by atoms with Gasteiger partial charge >= 0.3 is 0 Å². The van der Waals surface area contributed by atoms with E-state index in [2.05, 4.69) is 163 Å². The zero-order chi connectivity index (χ0) is 39.8. The van der Waals surface area contributed by atoms with Crippen LogP contribution in [0, 0.1) is 29.1 Å². The summed E-state index contributed by atoms with van der Waals surface area (Å²) in [4.78, 5) is 2.51. The molecule has 2 bridgehead atoms. The van der Waals surface area contributed by atoms with Crippen LogP contribution in [0.25, 0.3) is 11.1 Å². The van der Waals surface area contributed by atoms with Crippen LogP contribution in [0.2, 0.25) is 0 Å². The Morgan fingerprint density at radius 3 is 1.69 bits per heavy atom. The summed E-state index contributed by atoms with van der Waals surface area (Å²) < 4.78 is 7.04. The summed E-state index contributed by atoms with van der Waals surface area (Å²) in [6.45, 7) is 19.4. The Kier molecular flexibility index (Phi) is 6.93. The number of rotatable bonds is 4. The van der Waals surface area contributed by atoms with Gasteiger partial charge in [-0.2, -0.15) is 0 Å².